The normalized spacial score (nSPS) is 14.1. The molecule has 0 aliphatic rings. The van der Waals surface area contributed by atoms with Gasteiger partial charge < -0.3 is 15.7 Å². The smallest absolute Gasteiger partial charge is 0.225 e. The van der Waals surface area contributed by atoms with Gasteiger partial charge in [0, 0.05) is 24.2 Å². The SMILES string of the molecule is CC(C)CC(CO)NC(C)CC(=O)Nc1ccccc1C(C)C. The Kier molecular flexibility index (Phi) is 8.28. The first-order chi connectivity index (χ1) is 10.8. The van der Waals surface area contributed by atoms with Crippen LogP contribution in [0.1, 0.15) is 58.9 Å². The molecule has 1 aromatic carbocycles. The molecule has 0 saturated carbocycles. The number of carbonyl (C=O) groups excluding carboxylic acids is 1. The van der Waals surface area contributed by atoms with Gasteiger partial charge in [0.25, 0.3) is 0 Å². The van der Waals surface area contributed by atoms with Gasteiger partial charge in [-0.3, -0.25) is 4.79 Å². The molecular formula is C19H32N2O2. The largest absolute Gasteiger partial charge is 0.395 e. The second kappa shape index (κ2) is 9.68. The van der Waals surface area contributed by atoms with Crippen LogP contribution in [0.25, 0.3) is 0 Å². The molecule has 130 valence electrons. The summed E-state index contributed by atoms with van der Waals surface area (Å²) in [6.45, 7) is 10.6. The molecule has 0 bridgehead atoms. The van der Waals surface area contributed by atoms with Crippen LogP contribution in [0.3, 0.4) is 0 Å². The molecule has 0 aromatic heterocycles. The molecule has 1 aromatic rings. The van der Waals surface area contributed by atoms with Gasteiger partial charge in [-0.2, -0.15) is 0 Å². The fourth-order valence-corrected chi connectivity index (χ4v) is 2.82. The molecule has 0 aliphatic carbocycles. The van der Waals surface area contributed by atoms with E-state index >= 15 is 0 Å². The minimum atomic E-state index is -0.000614. The van der Waals surface area contributed by atoms with Crippen molar-refractivity contribution < 1.29 is 9.90 Å². The van der Waals surface area contributed by atoms with Crippen LogP contribution in [-0.2, 0) is 4.79 Å². The van der Waals surface area contributed by atoms with Gasteiger partial charge in [0.05, 0.1) is 6.61 Å². The molecular weight excluding hydrogens is 288 g/mol. The van der Waals surface area contributed by atoms with Gasteiger partial charge in [-0.25, -0.2) is 0 Å². The van der Waals surface area contributed by atoms with Gasteiger partial charge >= 0.3 is 0 Å². The number of anilines is 1. The van der Waals surface area contributed by atoms with Crippen molar-refractivity contribution in [3.63, 3.8) is 0 Å². The summed E-state index contributed by atoms with van der Waals surface area (Å²) in [5.41, 5.74) is 2.04. The first kappa shape index (κ1) is 19.7. The second-order valence-electron chi connectivity index (χ2n) is 7.07. The molecule has 0 radical (unpaired) electrons. The van der Waals surface area contributed by atoms with Gasteiger partial charge in [-0.1, -0.05) is 45.9 Å². The van der Waals surface area contributed by atoms with Crippen molar-refractivity contribution in [1.82, 2.24) is 5.32 Å². The summed E-state index contributed by atoms with van der Waals surface area (Å²) in [4.78, 5) is 12.3. The Labute approximate surface area is 140 Å². The molecule has 23 heavy (non-hydrogen) atoms. The van der Waals surface area contributed by atoms with E-state index in [0.717, 1.165) is 17.7 Å². The lowest BCUT2D eigenvalue weighted by atomic mass is 10.0. The molecule has 3 N–H and O–H groups in total. The highest BCUT2D eigenvalue weighted by molar-refractivity contribution is 5.91. The van der Waals surface area contributed by atoms with Gasteiger partial charge in [0.2, 0.25) is 5.91 Å². The number of para-hydroxylation sites is 1. The van der Waals surface area contributed by atoms with Crippen molar-refractivity contribution in [3.8, 4) is 0 Å². The Bertz CT molecular complexity index is 486. The summed E-state index contributed by atoms with van der Waals surface area (Å²) in [6.07, 6.45) is 1.29. The number of nitrogens with one attached hydrogen (secondary N) is 2. The average molecular weight is 320 g/mol. The van der Waals surface area contributed by atoms with Crippen LogP contribution in [0.4, 0.5) is 5.69 Å². The van der Waals surface area contributed by atoms with Crippen LogP contribution in [0.2, 0.25) is 0 Å². The van der Waals surface area contributed by atoms with Crippen molar-refractivity contribution in [2.75, 3.05) is 11.9 Å². The molecule has 0 aliphatic heterocycles. The summed E-state index contributed by atoms with van der Waals surface area (Å²) in [6, 6.07) is 7.99. The summed E-state index contributed by atoms with van der Waals surface area (Å²) in [5, 5.41) is 15.8. The van der Waals surface area contributed by atoms with E-state index in [1.54, 1.807) is 0 Å². The summed E-state index contributed by atoms with van der Waals surface area (Å²) in [7, 11) is 0. The summed E-state index contributed by atoms with van der Waals surface area (Å²) < 4.78 is 0. The standard InChI is InChI=1S/C19H32N2O2/c1-13(2)10-16(12-22)20-15(5)11-19(23)21-18-9-7-6-8-17(18)14(3)4/h6-9,13-16,20,22H,10-12H2,1-5H3,(H,21,23). The molecule has 0 spiro atoms. The Morgan fingerprint density at radius 2 is 1.78 bits per heavy atom. The fraction of sp³-hybridized carbons (Fsp3) is 0.632. The number of hydrogen-bond acceptors (Lipinski definition) is 3. The maximum absolute atomic E-state index is 12.3. The van der Waals surface area contributed by atoms with Crippen molar-refractivity contribution in [3.05, 3.63) is 29.8 Å². The monoisotopic (exact) mass is 320 g/mol. The molecule has 1 rings (SSSR count). The van der Waals surface area contributed by atoms with E-state index in [-0.39, 0.29) is 24.6 Å². The fourth-order valence-electron chi connectivity index (χ4n) is 2.82. The molecule has 4 nitrogen and oxygen atoms in total. The van der Waals surface area contributed by atoms with Crippen LogP contribution in [0, 0.1) is 5.92 Å². The third kappa shape index (κ3) is 7.14. The molecule has 2 atom stereocenters. The van der Waals surface area contributed by atoms with E-state index in [1.807, 2.05) is 31.2 Å². The number of aliphatic hydroxyl groups excluding tert-OH is 1. The molecule has 1 amide bonds. The minimum absolute atomic E-state index is 0.000614. The van der Waals surface area contributed by atoms with E-state index in [4.69, 9.17) is 0 Å². The third-order valence-corrected chi connectivity index (χ3v) is 3.84. The number of benzene rings is 1. The van der Waals surface area contributed by atoms with Crippen molar-refractivity contribution in [2.45, 2.75) is 65.5 Å². The Morgan fingerprint density at radius 3 is 2.35 bits per heavy atom. The number of rotatable bonds is 9. The van der Waals surface area contributed by atoms with E-state index in [1.165, 1.54) is 0 Å². The van der Waals surface area contributed by atoms with Gasteiger partial charge in [-0.15, -0.1) is 0 Å². The molecule has 0 heterocycles. The lowest BCUT2D eigenvalue weighted by molar-refractivity contribution is -0.116. The van der Waals surface area contributed by atoms with Crippen molar-refractivity contribution >= 4 is 11.6 Å². The van der Waals surface area contributed by atoms with Crippen molar-refractivity contribution in [2.24, 2.45) is 5.92 Å². The lowest BCUT2D eigenvalue weighted by Gasteiger charge is -2.23. The van der Waals surface area contributed by atoms with Crippen LogP contribution >= 0.6 is 0 Å². The first-order valence-electron chi connectivity index (χ1n) is 8.59. The Balaban J connectivity index is 2.56. The van der Waals surface area contributed by atoms with Crippen LogP contribution in [0.5, 0.6) is 0 Å². The highest BCUT2D eigenvalue weighted by Gasteiger charge is 2.16. The van der Waals surface area contributed by atoms with Gasteiger partial charge in [0.1, 0.15) is 0 Å². The first-order valence-corrected chi connectivity index (χ1v) is 8.59. The van der Waals surface area contributed by atoms with Crippen molar-refractivity contribution in [1.29, 1.82) is 0 Å². The van der Waals surface area contributed by atoms with Crippen LogP contribution in [0.15, 0.2) is 24.3 Å². The zero-order valence-corrected chi connectivity index (χ0v) is 15.1. The zero-order chi connectivity index (χ0) is 17.4. The third-order valence-electron chi connectivity index (χ3n) is 3.84. The van der Waals surface area contributed by atoms with E-state index in [2.05, 4.69) is 38.3 Å². The Morgan fingerprint density at radius 1 is 1.13 bits per heavy atom. The molecule has 2 unspecified atom stereocenters. The summed E-state index contributed by atoms with van der Waals surface area (Å²) >= 11 is 0. The highest BCUT2D eigenvalue weighted by atomic mass is 16.3. The lowest BCUT2D eigenvalue weighted by Crippen LogP contribution is -2.41. The number of aliphatic hydroxyl groups is 1. The van der Waals surface area contributed by atoms with E-state index < -0.39 is 0 Å². The number of hydrogen-bond donors (Lipinski definition) is 3. The van der Waals surface area contributed by atoms with E-state index in [9.17, 15) is 9.90 Å². The molecule has 4 heteroatoms. The topological polar surface area (TPSA) is 61.4 Å². The molecule has 0 fully saturated rings. The number of amides is 1. The molecule has 0 saturated heterocycles. The van der Waals surface area contributed by atoms with Crippen LogP contribution < -0.4 is 10.6 Å². The van der Waals surface area contributed by atoms with Crippen LogP contribution in [-0.4, -0.2) is 29.7 Å². The predicted octanol–water partition coefficient (Wildman–Crippen LogP) is 3.52. The summed E-state index contributed by atoms with van der Waals surface area (Å²) in [5.74, 6) is 0.879. The second-order valence-corrected chi connectivity index (χ2v) is 7.07. The Hall–Kier alpha value is -1.39. The quantitative estimate of drug-likeness (QED) is 0.652. The average Bonchev–Trinajstić information content (AvgIpc) is 2.45. The maximum atomic E-state index is 12.3. The van der Waals surface area contributed by atoms with Gasteiger partial charge in [0.15, 0.2) is 0 Å². The van der Waals surface area contributed by atoms with E-state index in [0.29, 0.717) is 18.3 Å². The zero-order valence-electron chi connectivity index (χ0n) is 15.1. The predicted molar refractivity (Wildman–Crippen MR) is 96.7 cm³/mol. The maximum Gasteiger partial charge on any atom is 0.225 e. The number of carbonyl (C=O) groups is 1. The minimum Gasteiger partial charge on any atom is -0.395 e. The highest BCUT2D eigenvalue weighted by Crippen LogP contribution is 2.23. The van der Waals surface area contributed by atoms with Gasteiger partial charge in [-0.05, 0) is 36.8 Å².